The van der Waals surface area contributed by atoms with Crippen LogP contribution in [0.25, 0.3) is 0 Å². The Balaban J connectivity index is 1.58. The van der Waals surface area contributed by atoms with E-state index in [9.17, 15) is 0 Å². The largest absolute Gasteiger partial charge is 0.493 e. The Morgan fingerprint density at radius 3 is 2.86 bits per heavy atom. The molecular formula is C17H25N3O. The number of hydrogen-bond donors (Lipinski definition) is 2. The Morgan fingerprint density at radius 2 is 2.00 bits per heavy atom. The molecule has 1 aromatic carbocycles. The van der Waals surface area contributed by atoms with Crippen molar-refractivity contribution in [1.29, 1.82) is 0 Å². The average molecular weight is 287 g/mol. The quantitative estimate of drug-likeness (QED) is 0.664. The van der Waals surface area contributed by atoms with Gasteiger partial charge in [-0.3, -0.25) is 4.99 Å². The van der Waals surface area contributed by atoms with Gasteiger partial charge in [0.2, 0.25) is 0 Å². The number of benzene rings is 1. The fourth-order valence-electron chi connectivity index (χ4n) is 3.32. The second-order valence-corrected chi connectivity index (χ2v) is 6.08. The van der Waals surface area contributed by atoms with Gasteiger partial charge in [-0.1, -0.05) is 37.5 Å². The molecule has 1 unspecified atom stereocenters. The number of aliphatic imine (C=N–C) groups is 1. The van der Waals surface area contributed by atoms with Gasteiger partial charge >= 0.3 is 0 Å². The highest BCUT2D eigenvalue weighted by Crippen LogP contribution is 2.33. The predicted molar refractivity (Wildman–Crippen MR) is 85.8 cm³/mol. The van der Waals surface area contributed by atoms with Crippen molar-refractivity contribution in [3.63, 3.8) is 0 Å². The molecule has 114 valence electrons. The molecule has 2 aliphatic rings. The molecule has 0 radical (unpaired) electrons. The molecule has 3 N–H and O–H groups in total. The summed E-state index contributed by atoms with van der Waals surface area (Å²) in [5.74, 6) is 2.02. The maximum atomic E-state index is 6.05. The zero-order valence-corrected chi connectivity index (χ0v) is 12.6. The molecule has 1 aliphatic carbocycles. The van der Waals surface area contributed by atoms with Crippen molar-refractivity contribution in [3.05, 3.63) is 29.8 Å². The standard InChI is InChI=1S/C17H25N3O/c18-17(20-14-6-2-1-3-7-14)19-12-13-10-11-21-16-9-5-4-8-15(13)16/h4-5,8-9,13-14H,1-3,6-7,10-12H2,(H3,18,19,20). The van der Waals surface area contributed by atoms with Crippen LogP contribution in [0.3, 0.4) is 0 Å². The summed E-state index contributed by atoms with van der Waals surface area (Å²) < 4.78 is 5.69. The molecule has 21 heavy (non-hydrogen) atoms. The lowest BCUT2D eigenvalue weighted by molar-refractivity contribution is 0.269. The summed E-state index contributed by atoms with van der Waals surface area (Å²) >= 11 is 0. The second-order valence-electron chi connectivity index (χ2n) is 6.08. The molecule has 1 atom stereocenters. The van der Waals surface area contributed by atoms with Gasteiger partial charge in [0, 0.05) is 18.5 Å². The lowest BCUT2D eigenvalue weighted by Gasteiger charge is -2.25. The Hall–Kier alpha value is -1.71. The smallest absolute Gasteiger partial charge is 0.188 e. The lowest BCUT2D eigenvalue weighted by atomic mass is 9.93. The lowest BCUT2D eigenvalue weighted by Crippen LogP contribution is -2.41. The number of nitrogens with zero attached hydrogens (tertiary/aromatic N) is 1. The minimum Gasteiger partial charge on any atom is -0.493 e. The average Bonchev–Trinajstić information content (AvgIpc) is 2.54. The van der Waals surface area contributed by atoms with Crippen molar-refractivity contribution in [2.75, 3.05) is 13.2 Å². The Bertz CT molecular complexity index is 495. The molecule has 1 aromatic rings. The van der Waals surface area contributed by atoms with Crippen LogP contribution in [0.4, 0.5) is 0 Å². The molecule has 1 fully saturated rings. The van der Waals surface area contributed by atoms with E-state index in [-0.39, 0.29) is 0 Å². The summed E-state index contributed by atoms with van der Waals surface area (Å²) in [4.78, 5) is 4.57. The fourth-order valence-corrected chi connectivity index (χ4v) is 3.32. The Labute approximate surface area is 126 Å². The minimum atomic E-state index is 0.418. The SMILES string of the molecule is NC(=NCC1CCOc2ccccc21)NC1CCCCC1. The van der Waals surface area contributed by atoms with E-state index in [0.717, 1.165) is 25.3 Å². The van der Waals surface area contributed by atoms with E-state index in [1.54, 1.807) is 0 Å². The van der Waals surface area contributed by atoms with Gasteiger partial charge < -0.3 is 15.8 Å². The van der Waals surface area contributed by atoms with Gasteiger partial charge in [0.1, 0.15) is 5.75 Å². The van der Waals surface area contributed by atoms with Gasteiger partial charge in [-0.25, -0.2) is 0 Å². The molecule has 0 spiro atoms. The molecule has 1 heterocycles. The van der Waals surface area contributed by atoms with Crippen LogP contribution in [0.2, 0.25) is 0 Å². The molecule has 1 aliphatic heterocycles. The van der Waals surface area contributed by atoms with Crippen LogP contribution in [0.1, 0.15) is 50.0 Å². The Kier molecular flexibility index (Phi) is 4.63. The van der Waals surface area contributed by atoms with Gasteiger partial charge in [0.15, 0.2) is 5.96 Å². The summed E-state index contributed by atoms with van der Waals surface area (Å²) in [6.07, 6.45) is 7.41. The first-order valence-corrected chi connectivity index (χ1v) is 8.11. The van der Waals surface area contributed by atoms with Crippen molar-refractivity contribution >= 4 is 5.96 Å². The normalized spacial score (nSPS) is 23.2. The van der Waals surface area contributed by atoms with E-state index in [0.29, 0.717) is 17.9 Å². The number of guanidine groups is 1. The maximum absolute atomic E-state index is 6.05. The van der Waals surface area contributed by atoms with Crippen LogP contribution in [-0.2, 0) is 0 Å². The molecule has 0 amide bonds. The first-order valence-electron chi connectivity index (χ1n) is 8.11. The zero-order chi connectivity index (χ0) is 14.5. The van der Waals surface area contributed by atoms with Gasteiger partial charge in [-0.2, -0.15) is 0 Å². The topological polar surface area (TPSA) is 59.6 Å². The number of rotatable bonds is 3. The highest BCUT2D eigenvalue weighted by atomic mass is 16.5. The second kappa shape index (κ2) is 6.83. The van der Waals surface area contributed by atoms with Crippen LogP contribution < -0.4 is 15.8 Å². The van der Waals surface area contributed by atoms with Crippen molar-refractivity contribution in [1.82, 2.24) is 5.32 Å². The van der Waals surface area contributed by atoms with Crippen molar-refractivity contribution in [3.8, 4) is 5.75 Å². The van der Waals surface area contributed by atoms with E-state index in [1.807, 2.05) is 12.1 Å². The molecule has 0 saturated heterocycles. The van der Waals surface area contributed by atoms with Crippen molar-refractivity contribution in [2.24, 2.45) is 10.7 Å². The molecular weight excluding hydrogens is 262 g/mol. The number of ether oxygens (including phenoxy) is 1. The first-order chi connectivity index (χ1) is 10.3. The third-order valence-corrected chi connectivity index (χ3v) is 4.52. The van der Waals surface area contributed by atoms with Crippen molar-refractivity contribution < 1.29 is 4.74 Å². The van der Waals surface area contributed by atoms with Gasteiger partial charge in [-0.05, 0) is 30.9 Å². The van der Waals surface area contributed by atoms with Crippen LogP contribution in [-0.4, -0.2) is 25.2 Å². The maximum Gasteiger partial charge on any atom is 0.188 e. The monoisotopic (exact) mass is 287 g/mol. The molecule has 4 nitrogen and oxygen atoms in total. The summed E-state index contributed by atoms with van der Waals surface area (Å²) in [6, 6.07) is 8.77. The van der Waals surface area contributed by atoms with Crippen LogP contribution in [0.5, 0.6) is 5.75 Å². The molecule has 4 heteroatoms. The first kappa shape index (κ1) is 14.2. The predicted octanol–water partition coefficient (Wildman–Crippen LogP) is 2.79. The highest BCUT2D eigenvalue weighted by molar-refractivity contribution is 5.78. The van der Waals surface area contributed by atoms with E-state index in [4.69, 9.17) is 10.5 Å². The van der Waals surface area contributed by atoms with E-state index >= 15 is 0 Å². The molecule has 0 bridgehead atoms. The fraction of sp³-hybridized carbons (Fsp3) is 0.588. The van der Waals surface area contributed by atoms with Crippen LogP contribution >= 0.6 is 0 Å². The third-order valence-electron chi connectivity index (χ3n) is 4.52. The van der Waals surface area contributed by atoms with Gasteiger partial charge in [0.05, 0.1) is 6.61 Å². The van der Waals surface area contributed by atoms with E-state index in [1.165, 1.54) is 37.7 Å². The molecule has 0 aromatic heterocycles. The summed E-state index contributed by atoms with van der Waals surface area (Å²) in [5.41, 5.74) is 7.31. The van der Waals surface area contributed by atoms with Crippen LogP contribution in [0, 0.1) is 0 Å². The highest BCUT2D eigenvalue weighted by Gasteiger charge is 2.21. The molecule has 1 saturated carbocycles. The van der Waals surface area contributed by atoms with Crippen LogP contribution in [0.15, 0.2) is 29.3 Å². The number of fused-ring (bicyclic) bond motifs is 1. The summed E-state index contributed by atoms with van der Waals surface area (Å²) in [6.45, 7) is 1.51. The molecule has 3 rings (SSSR count). The Morgan fingerprint density at radius 1 is 1.19 bits per heavy atom. The number of nitrogens with one attached hydrogen (secondary N) is 1. The van der Waals surface area contributed by atoms with Gasteiger partial charge in [-0.15, -0.1) is 0 Å². The van der Waals surface area contributed by atoms with Gasteiger partial charge in [0.25, 0.3) is 0 Å². The number of para-hydroxylation sites is 1. The van der Waals surface area contributed by atoms with E-state index in [2.05, 4.69) is 22.4 Å². The van der Waals surface area contributed by atoms with Crippen molar-refractivity contribution in [2.45, 2.75) is 50.5 Å². The minimum absolute atomic E-state index is 0.418. The number of hydrogen-bond acceptors (Lipinski definition) is 2. The summed E-state index contributed by atoms with van der Waals surface area (Å²) in [7, 11) is 0. The summed E-state index contributed by atoms with van der Waals surface area (Å²) in [5, 5.41) is 3.38. The van der Waals surface area contributed by atoms with E-state index < -0.39 is 0 Å². The zero-order valence-electron chi connectivity index (χ0n) is 12.6. The third kappa shape index (κ3) is 3.69. The number of nitrogens with two attached hydrogens (primary N) is 1.